The van der Waals surface area contributed by atoms with Crippen LogP contribution < -0.4 is 10.6 Å². The van der Waals surface area contributed by atoms with Gasteiger partial charge in [0.1, 0.15) is 0 Å². The molecule has 0 aliphatic rings. The molecule has 0 aromatic carbocycles. The molecule has 0 aliphatic heterocycles. The molecule has 108 valence electrons. The van der Waals surface area contributed by atoms with Crippen molar-refractivity contribution in [3.8, 4) is 0 Å². The Bertz CT molecular complexity index is 431. The average Bonchev–Trinajstić information content (AvgIpc) is 2.72. The number of hydrogen-bond acceptors (Lipinski definition) is 3. The average molecular weight is 287 g/mol. The summed E-state index contributed by atoms with van der Waals surface area (Å²) < 4.78 is 1.89. The van der Waals surface area contributed by atoms with E-state index in [1.54, 1.807) is 0 Å². The highest BCUT2D eigenvalue weighted by molar-refractivity contribution is 6.31. The van der Waals surface area contributed by atoms with Gasteiger partial charge in [-0.1, -0.05) is 18.5 Å². The largest absolute Gasteiger partial charge is 0.355 e. The van der Waals surface area contributed by atoms with Crippen LogP contribution in [0.5, 0.6) is 0 Å². The lowest BCUT2D eigenvalue weighted by molar-refractivity contribution is -0.122. The van der Waals surface area contributed by atoms with Gasteiger partial charge in [-0.05, 0) is 27.2 Å². The maximum atomic E-state index is 11.6. The Hall–Kier alpha value is -1.07. The molecule has 0 fully saturated rings. The molecule has 0 bridgehead atoms. The molecule has 1 aromatic rings. The molecule has 0 radical (unpaired) electrons. The lowest BCUT2D eigenvalue weighted by Crippen LogP contribution is -2.42. The molecule has 19 heavy (non-hydrogen) atoms. The summed E-state index contributed by atoms with van der Waals surface area (Å²) in [5.74, 6) is -0.00287. The number of carbonyl (C=O) groups excluding carboxylic acids is 1. The first kappa shape index (κ1) is 16.0. The molecular formula is C13H23ClN4O. The summed E-state index contributed by atoms with van der Waals surface area (Å²) in [6.45, 7) is 9.75. The number of nitrogens with one attached hydrogen (secondary N) is 2. The van der Waals surface area contributed by atoms with Crippen molar-refractivity contribution in [1.29, 1.82) is 0 Å². The minimum atomic E-state index is -0.249. The van der Waals surface area contributed by atoms with E-state index in [9.17, 15) is 4.79 Å². The van der Waals surface area contributed by atoms with E-state index in [0.717, 1.165) is 24.4 Å². The summed E-state index contributed by atoms with van der Waals surface area (Å²) in [6.07, 6.45) is 0.810. The summed E-state index contributed by atoms with van der Waals surface area (Å²) in [5.41, 5.74) is 1.85. The molecule has 2 N–H and O–H groups in total. The van der Waals surface area contributed by atoms with Crippen LogP contribution in [-0.2, 0) is 24.3 Å². The van der Waals surface area contributed by atoms with Crippen LogP contribution in [0.2, 0.25) is 5.02 Å². The second-order valence-corrected chi connectivity index (χ2v) is 4.75. The first-order chi connectivity index (χ1) is 9.04. The Labute approximate surface area is 119 Å². The molecule has 1 aromatic heterocycles. The lowest BCUT2D eigenvalue weighted by Gasteiger charge is -2.14. The van der Waals surface area contributed by atoms with E-state index in [1.165, 1.54) is 0 Å². The summed E-state index contributed by atoms with van der Waals surface area (Å²) in [6, 6.07) is -0.249. The standard InChI is InChI=1S/C13H23ClN4O/c1-5-10-12(14)11(18(7-3)17-10)8-16-9(4)13(19)15-6-2/h9,16H,5-8H2,1-4H3,(H,15,19). The molecule has 5 nitrogen and oxygen atoms in total. The molecule has 0 spiro atoms. The molecule has 1 atom stereocenters. The van der Waals surface area contributed by atoms with Crippen molar-refractivity contribution < 1.29 is 4.79 Å². The van der Waals surface area contributed by atoms with Crippen molar-refractivity contribution in [3.63, 3.8) is 0 Å². The maximum Gasteiger partial charge on any atom is 0.236 e. The third-order valence-electron chi connectivity index (χ3n) is 3.01. The molecule has 1 heterocycles. The minimum Gasteiger partial charge on any atom is -0.355 e. The highest BCUT2D eigenvalue weighted by atomic mass is 35.5. The second kappa shape index (κ2) is 7.50. The zero-order valence-corrected chi connectivity index (χ0v) is 12.8. The van der Waals surface area contributed by atoms with Gasteiger partial charge < -0.3 is 10.6 Å². The molecule has 0 aliphatic carbocycles. The van der Waals surface area contributed by atoms with Gasteiger partial charge in [-0.2, -0.15) is 5.10 Å². The number of carbonyl (C=O) groups is 1. The van der Waals surface area contributed by atoms with Gasteiger partial charge in [0, 0.05) is 19.6 Å². The van der Waals surface area contributed by atoms with Crippen molar-refractivity contribution in [3.05, 3.63) is 16.4 Å². The predicted molar refractivity (Wildman–Crippen MR) is 77.3 cm³/mol. The highest BCUT2D eigenvalue weighted by Gasteiger charge is 2.16. The van der Waals surface area contributed by atoms with E-state index in [2.05, 4.69) is 15.7 Å². The first-order valence-electron chi connectivity index (χ1n) is 6.80. The minimum absolute atomic E-state index is 0.00287. The van der Waals surface area contributed by atoms with E-state index in [0.29, 0.717) is 18.1 Å². The number of aromatic nitrogens is 2. The Morgan fingerprint density at radius 3 is 2.63 bits per heavy atom. The van der Waals surface area contributed by atoms with Crippen LogP contribution in [0, 0.1) is 0 Å². The number of likely N-dealkylation sites (N-methyl/N-ethyl adjacent to an activating group) is 1. The lowest BCUT2D eigenvalue weighted by atomic mass is 10.2. The zero-order chi connectivity index (χ0) is 14.4. The van der Waals surface area contributed by atoms with E-state index < -0.39 is 0 Å². The van der Waals surface area contributed by atoms with Crippen molar-refractivity contribution in [1.82, 2.24) is 20.4 Å². The van der Waals surface area contributed by atoms with Crippen molar-refractivity contribution in [2.75, 3.05) is 6.54 Å². The van der Waals surface area contributed by atoms with Crippen LogP contribution >= 0.6 is 11.6 Å². The molecule has 1 unspecified atom stereocenters. The van der Waals surface area contributed by atoms with Crippen LogP contribution in [0.4, 0.5) is 0 Å². The van der Waals surface area contributed by atoms with Crippen molar-refractivity contribution in [2.45, 2.75) is 53.2 Å². The highest BCUT2D eigenvalue weighted by Crippen LogP contribution is 2.21. The summed E-state index contributed by atoms with van der Waals surface area (Å²) in [7, 11) is 0. The Morgan fingerprint density at radius 1 is 1.42 bits per heavy atom. The first-order valence-corrected chi connectivity index (χ1v) is 7.17. The molecule has 0 saturated carbocycles. The van der Waals surface area contributed by atoms with Crippen LogP contribution in [0.25, 0.3) is 0 Å². The van der Waals surface area contributed by atoms with Gasteiger partial charge in [0.05, 0.1) is 22.5 Å². The SMILES string of the molecule is CCNC(=O)C(C)NCc1c(Cl)c(CC)nn1CC. The molecule has 0 saturated heterocycles. The van der Waals surface area contributed by atoms with Crippen molar-refractivity contribution >= 4 is 17.5 Å². The Morgan fingerprint density at radius 2 is 2.11 bits per heavy atom. The van der Waals surface area contributed by atoms with Crippen LogP contribution in [0.3, 0.4) is 0 Å². The van der Waals surface area contributed by atoms with Crippen LogP contribution in [0.15, 0.2) is 0 Å². The van der Waals surface area contributed by atoms with E-state index in [1.807, 2.05) is 32.4 Å². The number of hydrogen-bond donors (Lipinski definition) is 2. The van der Waals surface area contributed by atoms with Gasteiger partial charge in [-0.25, -0.2) is 0 Å². The second-order valence-electron chi connectivity index (χ2n) is 4.37. The quantitative estimate of drug-likeness (QED) is 0.803. The topological polar surface area (TPSA) is 59.0 Å². The fourth-order valence-corrected chi connectivity index (χ4v) is 2.19. The number of nitrogens with zero attached hydrogens (tertiary/aromatic N) is 2. The monoisotopic (exact) mass is 286 g/mol. The fourth-order valence-electron chi connectivity index (χ4n) is 1.86. The summed E-state index contributed by atoms with van der Waals surface area (Å²) in [5, 5.41) is 11.1. The number of amides is 1. The summed E-state index contributed by atoms with van der Waals surface area (Å²) >= 11 is 6.31. The number of halogens is 1. The molecule has 1 amide bonds. The van der Waals surface area contributed by atoms with E-state index in [-0.39, 0.29) is 11.9 Å². The van der Waals surface area contributed by atoms with Crippen LogP contribution in [-0.4, -0.2) is 28.3 Å². The number of aryl methyl sites for hydroxylation is 2. The third-order valence-corrected chi connectivity index (χ3v) is 3.45. The smallest absolute Gasteiger partial charge is 0.236 e. The Balaban J connectivity index is 2.71. The van der Waals surface area contributed by atoms with Crippen molar-refractivity contribution in [2.24, 2.45) is 0 Å². The molecule has 1 rings (SSSR count). The normalized spacial score (nSPS) is 12.5. The van der Waals surface area contributed by atoms with Gasteiger partial charge in [-0.15, -0.1) is 0 Å². The van der Waals surface area contributed by atoms with E-state index >= 15 is 0 Å². The van der Waals surface area contributed by atoms with Gasteiger partial charge >= 0.3 is 0 Å². The molecular weight excluding hydrogens is 264 g/mol. The maximum absolute atomic E-state index is 11.6. The Kier molecular flexibility index (Phi) is 6.31. The van der Waals surface area contributed by atoms with Gasteiger partial charge in [0.25, 0.3) is 0 Å². The summed E-state index contributed by atoms with van der Waals surface area (Å²) in [4.78, 5) is 11.6. The van der Waals surface area contributed by atoms with Crippen LogP contribution in [0.1, 0.15) is 39.1 Å². The predicted octanol–water partition coefficient (Wildman–Crippen LogP) is 1.73. The van der Waals surface area contributed by atoms with Gasteiger partial charge in [-0.3, -0.25) is 9.48 Å². The van der Waals surface area contributed by atoms with Gasteiger partial charge in [0.2, 0.25) is 5.91 Å². The molecule has 6 heteroatoms. The van der Waals surface area contributed by atoms with Gasteiger partial charge in [0.15, 0.2) is 0 Å². The number of rotatable bonds is 7. The van der Waals surface area contributed by atoms with E-state index in [4.69, 9.17) is 11.6 Å². The third kappa shape index (κ3) is 3.94. The zero-order valence-electron chi connectivity index (χ0n) is 12.1. The fraction of sp³-hybridized carbons (Fsp3) is 0.692.